The summed E-state index contributed by atoms with van der Waals surface area (Å²) in [4.78, 5) is 16.2. The Balaban J connectivity index is 0.00000320. The smallest absolute Gasteiger partial charge is 0.225 e. The average molecular weight is 524 g/mol. The predicted molar refractivity (Wildman–Crippen MR) is 130 cm³/mol. The minimum Gasteiger partial charge on any atom is -0.497 e. The zero-order chi connectivity index (χ0) is 20.5. The molecule has 0 saturated heterocycles. The molecule has 0 radical (unpaired) electrons. The van der Waals surface area contributed by atoms with E-state index in [1.165, 1.54) is 0 Å². The summed E-state index contributed by atoms with van der Waals surface area (Å²) in [7, 11) is 3.38. The lowest BCUT2D eigenvalue weighted by Gasteiger charge is -2.26. The maximum atomic E-state index is 11.9. The minimum atomic E-state index is 0. The van der Waals surface area contributed by atoms with E-state index >= 15 is 0 Å². The Bertz CT molecular complexity index is 843. The summed E-state index contributed by atoms with van der Waals surface area (Å²) in [6, 6.07) is 15.5. The molecule has 1 aliphatic rings. The van der Waals surface area contributed by atoms with Crippen LogP contribution in [0.5, 0.6) is 11.5 Å². The van der Waals surface area contributed by atoms with Gasteiger partial charge in [-0.15, -0.1) is 24.0 Å². The number of rotatable bonds is 8. The van der Waals surface area contributed by atoms with Crippen molar-refractivity contribution in [1.82, 2.24) is 10.6 Å². The maximum Gasteiger partial charge on any atom is 0.225 e. The molecule has 1 atom stereocenters. The van der Waals surface area contributed by atoms with Crippen LogP contribution in [-0.4, -0.2) is 45.7 Å². The van der Waals surface area contributed by atoms with E-state index in [4.69, 9.17) is 9.47 Å². The second-order valence-electron chi connectivity index (χ2n) is 6.79. The SMILES string of the molecule is CN=C(NCCCOc1ccc(OC)cc1)NCC1CC(=O)Nc2ccccc21.I. The number of carbonyl (C=O) groups excluding carboxylic acids is 1. The van der Waals surface area contributed by atoms with Gasteiger partial charge in [0.15, 0.2) is 5.96 Å². The number of methoxy groups -OCH3 is 1. The molecule has 0 saturated carbocycles. The number of para-hydroxylation sites is 1. The van der Waals surface area contributed by atoms with Crippen LogP contribution in [0.25, 0.3) is 0 Å². The second-order valence-corrected chi connectivity index (χ2v) is 6.79. The molecule has 2 aromatic carbocycles. The van der Waals surface area contributed by atoms with E-state index < -0.39 is 0 Å². The lowest BCUT2D eigenvalue weighted by molar-refractivity contribution is -0.116. The largest absolute Gasteiger partial charge is 0.497 e. The Morgan fingerprint density at radius 1 is 1.13 bits per heavy atom. The second kappa shape index (κ2) is 12.3. The van der Waals surface area contributed by atoms with Crippen molar-refractivity contribution in [2.75, 3.05) is 39.2 Å². The molecule has 3 rings (SSSR count). The lowest BCUT2D eigenvalue weighted by atomic mass is 9.90. The number of nitrogens with zero attached hydrogens (tertiary/aromatic N) is 1. The van der Waals surface area contributed by atoms with Gasteiger partial charge in [-0.25, -0.2) is 0 Å². The molecule has 8 heteroatoms. The third kappa shape index (κ3) is 6.79. The monoisotopic (exact) mass is 524 g/mol. The number of guanidine groups is 1. The Morgan fingerprint density at radius 3 is 2.60 bits per heavy atom. The molecule has 0 fully saturated rings. The molecule has 3 N–H and O–H groups in total. The van der Waals surface area contributed by atoms with Crippen LogP contribution in [0.2, 0.25) is 0 Å². The zero-order valence-electron chi connectivity index (χ0n) is 17.3. The first-order valence-electron chi connectivity index (χ1n) is 9.79. The van der Waals surface area contributed by atoms with Gasteiger partial charge in [-0.2, -0.15) is 0 Å². The van der Waals surface area contributed by atoms with Crippen molar-refractivity contribution in [2.45, 2.75) is 18.8 Å². The number of amides is 1. The van der Waals surface area contributed by atoms with Crippen molar-refractivity contribution in [3.8, 4) is 11.5 Å². The van der Waals surface area contributed by atoms with Crippen molar-refractivity contribution < 1.29 is 14.3 Å². The van der Waals surface area contributed by atoms with Crippen LogP contribution >= 0.6 is 24.0 Å². The number of nitrogens with one attached hydrogen (secondary N) is 3. The van der Waals surface area contributed by atoms with E-state index in [-0.39, 0.29) is 35.8 Å². The Labute approximate surface area is 194 Å². The molecule has 162 valence electrons. The summed E-state index contributed by atoms with van der Waals surface area (Å²) in [5.74, 6) is 2.53. The number of carbonyl (C=O) groups is 1. The van der Waals surface area contributed by atoms with Crippen molar-refractivity contribution in [3.05, 3.63) is 54.1 Å². The van der Waals surface area contributed by atoms with Gasteiger partial charge < -0.3 is 25.4 Å². The number of benzene rings is 2. The van der Waals surface area contributed by atoms with Crippen LogP contribution in [0.3, 0.4) is 0 Å². The fourth-order valence-electron chi connectivity index (χ4n) is 3.27. The van der Waals surface area contributed by atoms with Gasteiger partial charge in [-0.05, 0) is 42.3 Å². The summed E-state index contributed by atoms with van der Waals surface area (Å²) in [5.41, 5.74) is 2.05. The minimum absolute atomic E-state index is 0. The van der Waals surface area contributed by atoms with E-state index in [1.54, 1.807) is 14.2 Å². The highest BCUT2D eigenvalue weighted by molar-refractivity contribution is 14.0. The van der Waals surface area contributed by atoms with Crippen LogP contribution in [0, 0.1) is 0 Å². The highest BCUT2D eigenvalue weighted by Crippen LogP contribution is 2.31. The van der Waals surface area contributed by atoms with Gasteiger partial charge in [0.05, 0.1) is 13.7 Å². The van der Waals surface area contributed by atoms with Crippen LogP contribution in [0.15, 0.2) is 53.5 Å². The summed E-state index contributed by atoms with van der Waals surface area (Å²) < 4.78 is 10.9. The summed E-state index contributed by atoms with van der Waals surface area (Å²) in [6.07, 6.45) is 1.30. The molecule has 0 bridgehead atoms. The molecular formula is C22H29IN4O3. The first-order chi connectivity index (χ1) is 14.2. The fraction of sp³-hybridized carbons (Fsp3) is 0.364. The molecule has 1 unspecified atom stereocenters. The van der Waals surface area contributed by atoms with Gasteiger partial charge in [-0.3, -0.25) is 9.79 Å². The van der Waals surface area contributed by atoms with E-state index in [9.17, 15) is 4.79 Å². The molecule has 2 aromatic rings. The average Bonchev–Trinajstić information content (AvgIpc) is 2.75. The quantitative estimate of drug-likeness (QED) is 0.214. The molecule has 1 heterocycles. The number of halogens is 1. The number of hydrogen-bond donors (Lipinski definition) is 3. The van der Waals surface area contributed by atoms with Crippen LogP contribution < -0.4 is 25.4 Å². The number of ether oxygens (including phenoxy) is 2. The Hall–Kier alpha value is -2.49. The van der Waals surface area contributed by atoms with Gasteiger partial charge >= 0.3 is 0 Å². The van der Waals surface area contributed by atoms with Gasteiger partial charge in [0.2, 0.25) is 5.91 Å². The summed E-state index contributed by atoms with van der Waals surface area (Å²) in [6.45, 7) is 1.98. The van der Waals surface area contributed by atoms with Crippen LogP contribution in [0.1, 0.15) is 24.3 Å². The maximum absolute atomic E-state index is 11.9. The standard InChI is InChI=1S/C22H28N4O3.HI/c1-23-22(24-12-5-13-29-18-10-8-17(28-2)9-11-18)25-15-16-14-21(27)26-20-7-4-3-6-19(16)20;/h3-4,6-11,16H,5,12-15H2,1-2H3,(H,26,27)(H2,23,24,25);1H. The number of fused-ring (bicyclic) bond motifs is 1. The van der Waals surface area contributed by atoms with Crippen molar-refractivity contribution >= 4 is 41.5 Å². The molecule has 7 nitrogen and oxygen atoms in total. The van der Waals surface area contributed by atoms with Crippen LogP contribution in [0.4, 0.5) is 5.69 Å². The molecule has 1 amide bonds. The number of anilines is 1. The first kappa shape index (κ1) is 23.8. The zero-order valence-corrected chi connectivity index (χ0v) is 19.6. The number of hydrogen-bond acceptors (Lipinski definition) is 4. The van der Waals surface area contributed by atoms with Gasteiger partial charge in [0.25, 0.3) is 0 Å². The lowest BCUT2D eigenvalue weighted by Crippen LogP contribution is -2.41. The highest BCUT2D eigenvalue weighted by atomic mass is 127. The first-order valence-corrected chi connectivity index (χ1v) is 9.79. The normalized spacial score (nSPS) is 15.3. The molecule has 0 spiro atoms. The highest BCUT2D eigenvalue weighted by Gasteiger charge is 2.24. The molecule has 0 aromatic heterocycles. The van der Waals surface area contributed by atoms with Crippen molar-refractivity contribution in [1.29, 1.82) is 0 Å². The molecule has 30 heavy (non-hydrogen) atoms. The molecule has 0 aliphatic carbocycles. The summed E-state index contributed by atoms with van der Waals surface area (Å²) >= 11 is 0. The summed E-state index contributed by atoms with van der Waals surface area (Å²) in [5, 5.41) is 9.54. The van der Waals surface area contributed by atoms with Gasteiger partial charge in [0.1, 0.15) is 11.5 Å². The fourth-order valence-corrected chi connectivity index (χ4v) is 3.27. The molecular weight excluding hydrogens is 495 g/mol. The third-order valence-corrected chi connectivity index (χ3v) is 4.79. The number of aliphatic imine (C=N–C) groups is 1. The third-order valence-electron chi connectivity index (χ3n) is 4.79. The van der Waals surface area contributed by atoms with E-state index in [1.807, 2.05) is 42.5 Å². The van der Waals surface area contributed by atoms with E-state index in [0.717, 1.165) is 41.7 Å². The predicted octanol–water partition coefficient (Wildman–Crippen LogP) is 3.37. The van der Waals surface area contributed by atoms with E-state index in [0.29, 0.717) is 19.6 Å². The Kier molecular flexibility index (Phi) is 9.72. The van der Waals surface area contributed by atoms with E-state index in [2.05, 4.69) is 27.0 Å². The van der Waals surface area contributed by atoms with Gasteiger partial charge in [-0.1, -0.05) is 18.2 Å². The van der Waals surface area contributed by atoms with Crippen molar-refractivity contribution in [2.24, 2.45) is 4.99 Å². The van der Waals surface area contributed by atoms with Crippen LogP contribution in [-0.2, 0) is 4.79 Å². The topological polar surface area (TPSA) is 84.0 Å². The van der Waals surface area contributed by atoms with Gasteiger partial charge in [0, 0.05) is 38.2 Å². The van der Waals surface area contributed by atoms with Crippen molar-refractivity contribution in [3.63, 3.8) is 0 Å². The Morgan fingerprint density at radius 2 is 1.87 bits per heavy atom. The molecule has 1 aliphatic heterocycles.